The standard InChI is InChI=1S/C18H21F2N/c1-3-21-18(14-8-5-4-6-9-14)13(2)12-15-10-7-11-16(19)17(15)20/h4-11,13,18,21H,3,12H2,1-2H3. The summed E-state index contributed by atoms with van der Waals surface area (Å²) in [6.07, 6.45) is 0.496. The number of hydrogen-bond donors (Lipinski definition) is 1. The Labute approximate surface area is 125 Å². The van der Waals surface area contributed by atoms with Crippen LogP contribution < -0.4 is 5.32 Å². The molecule has 21 heavy (non-hydrogen) atoms. The highest BCUT2D eigenvalue weighted by molar-refractivity contribution is 5.23. The molecule has 2 rings (SSSR count). The molecule has 1 N–H and O–H groups in total. The van der Waals surface area contributed by atoms with Crippen LogP contribution in [0.15, 0.2) is 48.5 Å². The van der Waals surface area contributed by atoms with E-state index in [0.717, 1.165) is 12.6 Å². The van der Waals surface area contributed by atoms with Crippen LogP contribution in [0.3, 0.4) is 0 Å². The highest BCUT2D eigenvalue weighted by Crippen LogP contribution is 2.26. The molecule has 0 saturated carbocycles. The SMILES string of the molecule is CCNC(c1ccccc1)C(C)Cc1cccc(F)c1F. The zero-order valence-electron chi connectivity index (χ0n) is 12.4. The largest absolute Gasteiger partial charge is 0.310 e. The van der Waals surface area contributed by atoms with Crippen molar-refractivity contribution in [2.75, 3.05) is 6.54 Å². The van der Waals surface area contributed by atoms with Crippen molar-refractivity contribution in [2.45, 2.75) is 26.3 Å². The summed E-state index contributed by atoms with van der Waals surface area (Å²) in [5.74, 6) is -1.35. The van der Waals surface area contributed by atoms with Crippen molar-refractivity contribution in [3.05, 3.63) is 71.3 Å². The Kier molecular flexibility index (Phi) is 5.45. The van der Waals surface area contributed by atoms with Crippen molar-refractivity contribution < 1.29 is 8.78 Å². The van der Waals surface area contributed by atoms with E-state index in [9.17, 15) is 8.78 Å². The third-order valence-electron chi connectivity index (χ3n) is 3.73. The summed E-state index contributed by atoms with van der Waals surface area (Å²) in [6, 6.07) is 14.6. The van der Waals surface area contributed by atoms with Crippen LogP contribution in [0.1, 0.15) is 31.0 Å². The van der Waals surface area contributed by atoms with Crippen molar-refractivity contribution >= 4 is 0 Å². The van der Waals surface area contributed by atoms with Gasteiger partial charge >= 0.3 is 0 Å². The molecule has 0 aliphatic heterocycles. The first kappa shape index (κ1) is 15.6. The third kappa shape index (κ3) is 3.88. The van der Waals surface area contributed by atoms with Crippen LogP contribution in [-0.2, 0) is 6.42 Å². The highest BCUT2D eigenvalue weighted by atomic mass is 19.2. The Bertz CT molecular complexity index is 569. The van der Waals surface area contributed by atoms with E-state index in [-0.39, 0.29) is 12.0 Å². The minimum atomic E-state index is -0.778. The molecule has 3 heteroatoms. The minimum Gasteiger partial charge on any atom is -0.310 e. The summed E-state index contributed by atoms with van der Waals surface area (Å²) in [4.78, 5) is 0. The summed E-state index contributed by atoms with van der Waals surface area (Å²) >= 11 is 0. The molecule has 2 aromatic rings. The van der Waals surface area contributed by atoms with E-state index >= 15 is 0 Å². The molecule has 1 nitrogen and oxygen atoms in total. The van der Waals surface area contributed by atoms with E-state index in [1.54, 1.807) is 12.1 Å². The molecule has 0 amide bonds. The average molecular weight is 289 g/mol. The fourth-order valence-corrected chi connectivity index (χ4v) is 2.70. The fraction of sp³-hybridized carbons (Fsp3) is 0.333. The van der Waals surface area contributed by atoms with Crippen LogP contribution in [0.5, 0.6) is 0 Å². The van der Waals surface area contributed by atoms with E-state index < -0.39 is 11.6 Å². The summed E-state index contributed by atoms with van der Waals surface area (Å²) in [5.41, 5.74) is 1.60. The molecule has 0 spiro atoms. The Morgan fingerprint density at radius 1 is 1.00 bits per heavy atom. The lowest BCUT2D eigenvalue weighted by atomic mass is 9.89. The lowest BCUT2D eigenvalue weighted by Crippen LogP contribution is -2.28. The number of halogens is 2. The van der Waals surface area contributed by atoms with E-state index in [1.165, 1.54) is 5.56 Å². The maximum Gasteiger partial charge on any atom is 0.162 e. The number of nitrogens with one attached hydrogen (secondary N) is 1. The van der Waals surface area contributed by atoms with Gasteiger partial charge in [0, 0.05) is 6.04 Å². The van der Waals surface area contributed by atoms with Crippen LogP contribution in [0, 0.1) is 17.6 Å². The number of hydrogen-bond acceptors (Lipinski definition) is 1. The molecule has 2 atom stereocenters. The molecule has 0 aromatic heterocycles. The van der Waals surface area contributed by atoms with Crippen LogP contribution in [0.4, 0.5) is 8.78 Å². The first-order valence-electron chi connectivity index (χ1n) is 7.34. The van der Waals surface area contributed by atoms with Gasteiger partial charge in [0.2, 0.25) is 0 Å². The second-order valence-electron chi connectivity index (χ2n) is 5.34. The van der Waals surface area contributed by atoms with Gasteiger partial charge in [-0.25, -0.2) is 8.78 Å². The van der Waals surface area contributed by atoms with Gasteiger partial charge in [-0.05, 0) is 36.1 Å². The molecule has 0 saturated heterocycles. The summed E-state index contributed by atoms with van der Waals surface area (Å²) in [7, 11) is 0. The monoisotopic (exact) mass is 289 g/mol. The second kappa shape index (κ2) is 7.32. The molecule has 0 aliphatic rings. The Morgan fingerprint density at radius 2 is 1.71 bits per heavy atom. The van der Waals surface area contributed by atoms with Gasteiger partial charge in [0.05, 0.1) is 0 Å². The molecule has 0 bridgehead atoms. The first-order valence-corrected chi connectivity index (χ1v) is 7.34. The van der Waals surface area contributed by atoms with E-state index in [4.69, 9.17) is 0 Å². The fourth-order valence-electron chi connectivity index (χ4n) is 2.70. The second-order valence-corrected chi connectivity index (χ2v) is 5.34. The summed E-state index contributed by atoms with van der Waals surface area (Å²) in [5, 5.41) is 3.44. The lowest BCUT2D eigenvalue weighted by molar-refractivity contribution is 0.383. The van der Waals surface area contributed by atoms with Crippen molar-refractivity contribution in [3.8, 4) is 0 Å². The van der Waals surface area contributed by atoms with Crippen LogP contribution >= 0.6 is 0 Å². The Balaban J connectivity index is 2.19. The minimum absolute atomic E-state index is 0.124. The van der Waals surface area contributed by atoms with Crippen LogP contribution in [0.25, 0.3) is 0 Å². The van der Waals surface area contributed by atoms with Gasteiger partial charge in [-0.1, -0.05) is 56.3 Å². The maximum absolute atomic E-state index is 13.8. The van der Waals surface area contributed by atoms with Crippen LogP contribution in [-0.4, -0.2) is 6.54 Å². The van der Waals surface area contributed by atoms with E-state index in [1.807, 2.05) is 25.1 Å². The molecule has 2 unspecified atom stereocenters. The zero-order valence-corrected chi connectivity index (χ0v) is 12.4. The number of benzene rings is 2. The van der Waals surface area contributed by atoms with Gasteiger partial charge in [-0.15, -0.1) is 0 Å². The molecule has 112 valence electrons. The van der Waals surface area contributed by atoms with Gasteiger partial charge in [0.25, 0.3) is 0 Å². The highest BCUT2D eigenvalue weighted by Gasteiger charge is 2.20. The third-order valence-corrected chi connectivity index (χ3v) is 3.73. The van der Waals surface area contributed by atoms with E-state index in [2.05, 4.69) is 24.4 Å². The quantitative estimate of drug-likeness (QED) is 0.826. The van der Waals surface area contributed by atoms with Gasteiger partial charge in [0.1, 0.15) is 0 Å². The number of rotatable bonds is 6. The topological polar surface area (TPSA) is 12.0 Å². The summed E-state index contributed by atoms with van der Waals surface area (Å²) in [6.45, 7) is 4.94. The normalized spacial score (nSPS) is 13.9. The Hall–Kier alpha value is -1.74. The van der Waals surface area contributed by atoms with Crippen molar-refractivity contribution in [1.82, 2.24) is 5.32 Å². The molecule has 2 aromatic carbocycles. The van der Waals surface area contributed by atoms with Gasteiger partial charge in [0.15, 0.2) is 11.6 Å². The van der Waals surface area contributed by atoms with Crippen molar-refractivity contribution in [2.24, 2.45) is 5.92 Å². The van der Waals surface area contributed by atoms with Crippen molar-refractivity contribution in [1.29, 1.82) is 0 Å². The predicted molar refractivity (Wildman–Crippen MR) is 82.1 cm³/mol. The van der Waals surface area contributed by atoms with Crippen molar-refractivity contribution in [3.63, 3.8) is 0 Å². The van der Waals surface area contributed by atoms with Gasteiger partial charge < -0.3 is 5.32 Å². The van der Waals surface area contributed by atoms with E-state index in [0.29, 0.717) is 12.0 Å². The smallest absolute Gasteiger partial charge is 0.162 e. The molecular weight excluding hydrogens is 268 g/mol. The molecule has 0 aliphatic carbocycles. The first-order chi connectivity index (χ1) is 10.1. The maximum atomic E-state index is 13.8. The Morgan fingerprint density at radius 3 is 2.38 bits per heavy atom. The van der Waals surface area contributed by atoms with Gasteiger partial charge in [-0.2, -0.15) is 0 Å². The predicted octanol–water partition coefficient (Wildman–Crippen LogP) is 4.49. The molecule has 0 fully saturated rings. The molecular formula is C18H21F2N. The zero-order chi connectivity index (χ0) is 15.2. The summed E-state index contributed by atoms with van der Waals surface area (Å²) < 4.78 is 27.1. The van der Waals surface area contributed by atoms with Gasteiger partial charge in [-0.3, -0.25) is 0 Å². The molecule has 0 heterocycles. The van der Waals surface area contributed by atoms with Crippen LogP contribution in [0.2, 0.25) is 0 Å². The lowest BCUT2D eigenvalue weighted by Gasteiger charge is -2.25. The average Bonchev–Trinajstić information content (AvgIpc) is 2.50. The molecule has 0 radical (unpaired) electrons.